The molecule has 0 saturated heterocycles. The number of aryl methyl sites for hydroxylation is 1. The van der Waals surface area contributed by atoms with E-state index in [-0.39, 0.29) is 0 Å². The van der Waals surface area contributed by atoms with Gasteiger partial charge in [-0.15, -0.1) is 0 Å². The molecule has 2 N–H and O–H groups in total. The predicted octanol–water partition coefficient (Wildman–Crippen LogP) is 2.11. The Morgan fingerprint density at radius 3 is 3.12 bits per heavy atom. The van der Waals surface area contributed by atoms with Crippen LogP contribution in [0.3, 0.4) is 0 Å². The molecule has 0 fully saturated rings. The molecule has 0 saturated carbocycles. The summed E-state index contributed by atoms with van der Waals surface area (Å²) in [6.07, 6.45) is 6.72. The van der Waals surface area contributed by atoms with Crippen molar-refractivity contribution in [3.63, 3.8) is 0 Å². The third kappa shape index (κ3) is 3.35. The summed E-state index contributed by atoms with van der Waals surface area (Å²) in [6.45, 7) is 3.99. The number of hydrogen-bond acceptors (Lipinski definition) is 3. The number of nitrogens with zero attached hydrogens (tertiary/aromatic N) is 1. The third-order valence-corrected chi connectivity index (χ3v) is 2.80. The van der Waals surface area contributed by atoms with Crippen LogP contribution in [-0.2, 0) is 0 Å². The van der Waals surface area contributed by atoms with Gasteiger partial charge in [0.05, 0.1) is 0 Å². The van der Waals surface area contributed by atoms with Crippen molar-refractivity contribution in [2.24, 2.45) is 0 Å². The molecule has 1 aromatic rings. The van der Waals surface area contributed by atoms with Crippen molar-refractivity contribution in [1.29, 1.82) is 0 Å². The summed E-state index contributed by atoms with van der Waals surface area (Å²) >= 11 is 0. The highest BCUT2D eigenvalue weighted by atomic mass is 15.0. The third-order valence-electron chi connectivity index (χ3n) is 2.80. The standard InChI is InChI=1S/C13H19N3/c1-11-5-4-7-13(16-11)15-10-8-12-6-2-3-9-14-12/h2-5,7,12,14H,6,8-10H2,1H3,(H,15,16). The van der Waals surface area contributed by atoms with E-state index in [2.05, 4.69) is 27.8 Å². The molecule has 0 aromatic carbocycles. The van der Waals surface area contributed by atoms with Crippen LogP contribution in [0.25, 0.3) is 0 Å². The van der Waals surface area contributed by atoms with Crippen molar-refractivity contribution >= 4 is 5.82 Å². The van der Waals surface area contributed by atoms with Gasteiger partial charge >= 0.3 is 0 Å². The van der Waals surface area contributed by atoms with Crippen molar-refractivity contribution < 1.29 is 0 Å². The lowest BCUT2D eigenvalue weighted by atomic mass is 10.1. The van der Waals surface area contributed by atoms with Gasteiger partial charge in [0.15, 0.2) is 0 Å². The van der Waals surface area contributed by atoms with Gasteiger partial charge in [-0.1, -0.05) is 18.2 Å². The van der Waals surface area contributed by atoms with Crippen LogP contribution in [0.1, 0.15) is 18.5 Å². The number of anilines is 1. The summed E-state index contributed by atoms with van der Waals surface area (Å²) in [5.74, 6) is 0.978. The summed E-state index contributed by atoms with van der Waals surface area (Å²) in [6, 6.07) is 6.67. The molecule has 1 aromatic heterocycles. The Kier molecular flexibility index (Phi) is 3.94. The highest BCUT2D eigenvalue weighted by Crippen LogP contribution is 2.07. The van der Waals surface area contributed by atoms with Crippen LogP contribution in [0.2, 0.25) is 0 Å². The van der Waals surface area contributed by atoms with Gasteiger partial charge < -0.3 is 10.6 Å². The minimum atomic E-state index is 0.613. The molecular formula is C13H19N3. The van der Waals surface area contributed by atoms with E-state index >= 15 is 0 Å². The fourth-order valence-corrected chi connectivity index (χ4v) is 1.90. The number of aromatic nitrogens is 1. The lowest BCUT2D eigenvalue weighted by molar-refractivity contribution is 0.505. The first-order valence-corrected chi connectivity index (χ1v) is 5.90. The fourth-order valence-electron chi connectivity index (χ4n) is 1.90. The van der Waals surface area contributed by atoms with Gasteiger partial charge in [-0.25, -0.2) is 4.98 Å². The molecule has 3 nitrogen and oxygen atoms in total. The number of hydrogen-bond donors (Lipinski definition) is 2. The smallest absolute Gasteiger partial charge is 0.126 e. The van der Waals surface area contributed by atoms with Crippen LogP contribution in [0.15, 0.2) is 30.4 Å². The first kappa shape index (κ1) is 11.1. The molecule has 0 aliphatic carbocycles. The van der Waals surface area contributed by atoms with Gasteiger partial charge in [-0.2, -0.15) is 0 Å². The minimum absolute atomic E-state index is 0.613. The quantitative estimate of drug-likeness (QED) is 0.758. The maximum atomic E-state index is 4.41. The van der Waals surface area contributed by atoms with E-state index in [0.29, 0.717) is 6.04 Å². The van der Waals surface area contributed by atoms with Gasteiger partial charge in [0.25, 0.3) is 0 Å². The zero-order chi connectivity index (χ0) is 11.2. The molecule has 0 amide bonds. The van der Waals surface area contributed by atoms with E-state index in [9.17, 15) is 0 Å². The molecule has 0 bridgehead atoms. The maximum absolute atomic E-state index is 4.41. The summed E-state index contributed by atoms with van der Waals surface area (Å²) in [5, 5.41) is 6.83. The Hall–Kier alpha value is -1.35. The van der Waals surface area contributed by atoms with E-state index in [4.69, 9.17) is 0 Å². The molecular weight excluding hydrogens is 198 g/mol. The van der Waals surface area contributed by atoms with Crippen molar-refractivity contribution in [2.75, 3.05) is 18.4 Å². The largest absolute Gasteiger partial charge is 0.370 e. The second-order valence-corrected chi connectivity index (χ2v) is 4.19. The Balaban J connectivity index is 1.73. The number of nitrogens with one attached hydrogen (secondary N) is 2. The molecule has 3 heteroatoms. The molecule has 1 aliphatic rings. The minimum Gasteiger partial charge on any atom is -0.370 e. The van der Waals surface area contributed by atoms with Gasteiger partial charge in [0, 0.05) is 24.8 Å². The van der Waals surface area contributed by atoms with Crippen molar-refractivity contribution in [3.8, 4) is 0 Å². The Labute approximate surface area is 97.0 Å². The van der Waals surface area contributed by atoms with E-state index in [1.807, 2.05) is 25.1 Å². The van der Waals surface area contributed by atoms with Gasteiger partial charge in [0.1, 0.15) is 5.82 Å². The first-order chi connectivity index (χ1) is 7.84. The van der Waals surface area contributed by atoms with Crippen LogP contribution in [0.4, 0.5) is 5.82 Å². The summed E-state index contributed by atoms with van der Waals surface area (Å²) in [7, 11) is 0. The topological polar surface area (TPSA) is 37.0 Å². The van der Waals surface area contributed by atoms with Crippen LogP contribution >= 0.6 is 0 Å². The van der Waals surface area contributed by atoms with Crippen LogP contribution in [-0.4, -0.2) is 24.1 Å². The molecule has 86 valence electrons. The van der Waals surface area contributed by atoms with Crippen LogP contribution in [0, 0.1) is 6.92 Å². The van der Waals surface area contributed by atoms with Crippen molar-refractivity contribution in [3.05, 3.63) is 36.0 Å². The average Bonchev–Trinajstić information content (AvgIpc) is 2.30. The second kappa shape index (κ2) is 5.66. The number of rotatable bonds is 4. The van der Waals surface area contributed by atoms with Crippen molar-refractivity contribution in [2.45, 2.75) is 25.8 Å². The van der Waals surface area contributed by atoms with Gasteiger partial charge in [-0.05, 0) is 31.9 Å². The Bertz CT molecular complexity index is 360. The SMILES string of the molecule is Cc1cccc(NCCC2CC=CCN2)n1. The molecule has 0 spiro atoms. The highest BCUT2D eigenvalue weighted by molar-refractivity contribution is 5.34. The fraction of sp³-hybridized carbons (Fsp3) is 0.462. The maximum Gasteiger partial charge on any atom is 0.126 e. The summed E-state index contributed by atoms with van der Waals surface area (Å²) < 4.78 is 0. The Morgan fingerprint density at radius 2 is 2.38 bits per heavy atom. The average molecular weight is 217 g/mol. The lowest BCUT2D eigenvalue weighted by Gasteiger charge is -2.19. The van der Waals surface area contributed by atoms with Crippen LogP contribution in [0.5, 0.6) is 0 Å². The zero-order valence-corrected chi connectivity index (χ0v) is 9.74. The molecule has 0 radical (unpaired) electrons. The predicted molar refractivity (Wildman–Crippen MR) is 67.6 cm³/mol. The van der Waals surface area contributed by atoms with Crippen molar-refractivity contribution in [1.82, 2.24) is 10.3 Å². The highest BCUT2D eigenvalue weighted by Gasteiger charge is 2.07. The van der Waals surface area contributed by atoms with E-state index in [0.717, 1.165) is 37.4 Å². The van der Waals surface area contributed by atoms with Crippen LogP contribution < -0.4 is 10.6 Å². The molecule has 16 heavy (non-hydrogen) atoms. The van der Waals surface area contributed by atoms with E-state index in [1.54, 1.807) is 0 Å². The molecule has 2 heterocycles. The molecule has 1 atom stereocenters. The van der Waals surface area contributed by atoms with Gasteiger partial charge in [-0.3, -0.25) is 0 Å². The normalized spacial score (nSPS) is 19.7. The number of pyridine rings is 1. The first-order valence-electron chi connectivity index (χ1n) is 5.90. The zero-order valence-electron chi connectivity index (χ0n) is 9.74. The van der Waals surface area contributed by atoms with E-state index < -0.39 is 0 Å². The van der Waals surface area contributed by atoms with E-state index in [1.165, 1.54) is 0 Å². The summed E-state index contributed by atoms with van der Waals surface area (Å²) in [4.78, 5) is 4.41. The lowest BCUT2D eigenvalue weighted by Crippen LogP contribution is -2.33. The molecule has 1 aliphatic heterocycles. The monoisotopic (exact) mass is 217 g/mol. The summed E-state index contributed by atoms with van der Waals surface area (Å²) in [5.41, 5.74) is 1.06. The second-order valence-electron chi connectivity index (χ2n) is 4.19. The van der Waals surface area contributed by atoms with Gasteiger partial charge in [0.2, 0.25) is 0 Å². The molecule has 1 unspecified atom stereocenters. The Morgan fingerprint density at radius 1 is 1.44 bits per heavy atom. The molecule has 2 rings (SSSR count).